The van der Waals surface area contributed by atoms with Gasteiger partial charge in [-0.15, -0.1) is 0 Å². The molecule has 1 heterocycles. The lowest BCUT2D eigenvalue weighted by atomic mass is 10.1. The average Bonchev–Trinajstić information content (AvgIpc) is 2.99. The number of carbonyl (C=O) groups excluding carboxylic acids is 4. The first-order valence-corrected chi connectivity index (χ1v) is 10.3. The summed E-state index contributed by atoms with van der Waals surface area (Å²) in [6.45, 7) is 8.87. The molecular formula is C24H26N2O5. The Morgan fingerprint density at radius 1 is 1.03 bits per heavy atom. The van der Waals surface area contributed by atoms with Crippen molar-refractivity contribution < 1.29 is 23.9 Å². The van der Waals surface area contributed by atoms with Gasteiger partial charge in [-0.1, -0.05) is 25.1 Å². The van der Waals surface area contributed by atoms with Gasteiger partial charge in [0.15, 0.2) is 6.10 Å². The molecule has 0 saturated carbocycles. The number of amides is 3. The predicted molar refractivity (Wildman–Crippen MR) is 116 cm³/mol. The third kappa shape index (κ3) is 4.21. The summed E-state index contributed by atoms with van der Waals surface area (Å²) in [7, 11) is 0. The van der Waals surface area contributed by atoms with Crippen LogP contribution >= 0.6 is 0 Å². The SMILES string of the molecule is CCc1cccc(C)c1NC(=O)[C@@H](C)OC(=O)c1ccc2c(c1)C(=O)N(C(C)C)C2=O. The number of nitrogens with one attached hydrogen (secondary N) is 1. The molecule has 3 amide bonds. The number of hydrogen-bond donors (Lipinski definition) is 1. The molecular weight excluding hydrogens is 396 g/mol. The number of rotatable bonds is 6. The zero-order chi connectivity index (χ0) is 22.9. The van der Waals surface area contributed by atoms with Gasteiger partial charge < -0.3 is 10.1 Å². The molecule has 1 aliphatic rings. The van der Waals surface area contributed by atoms with Gasteiger partial charge in [-0.2, -0.15) is 0 Å². The minimum Gasteiger partial charge on any atom is -0.449 e. The highest BCUT2D eigenvalue weighted by atomic mass is 16.5. The van der Waals surface area contributed by atoms with Crippen molar-refractivity contribution in [2.24, 2.45) is 0 Å². The first-order chi connectivity index (χ1) is 14.6. The van der Waals surface area contributed by atoms with E-state index in [0.717, 1.165) is 22.4 Å². The Kier molecular flexibility index (Phi) is 6.24. The maximum Gasteiger partial charge on any atom is 0.338 e. The first-order valence-electron chi connectivity index (χ1n) is 10.3. The van der Waals surface area contributed by atoms with E-state index in [4.69, 9.17) is 4.74 Å². The molecule has 3 rings (SSSR count). The van der Waals surface area contributed by atoms with Crippen LogP contribution in [0, 0.1) is 6.92 Å². The van der Waals surface area contributed by atoms with Crippen molar-refractivity contribution in [1.82, 2.24) is 4.90 Å². The van der Waals surface area contributed by atoms with Crippen LogP contribution in [-0.2, 0) is 16.0 Å². The van der Waals surface area contributed by atoms with E-state index in [1.807, 2.05) is 32.0 Å². The van der Waals surface area contributed by atoms with Gasteiger partial charge in [0.05, 0.1) is 16.7 Å². The van der Waals surface area contributed by atoms with Crippen molar-refractivity contribution in [1.29, 1.82) is 0 Å². The number of esters is 1. The summed E-state index contributed by atoms with van der Waals surface area (Å²) in [6, 6.07) is 9.69. The molecule has 0 aliphatic carbocycles. The second-order valence-corrected chi connectivity index (χ2v) is 7.83. The number of fused-ring (bicyclic) bond motifs is 1. The minimum absolute atomic E-state index is 0.107. The highest BCUT2D eigenvalue weighted by molar-refractivity contribution is 6.22. The van der Waals surface area contributed by atoms with Gasteiger partial charge in [-0.3, -0.25) is 19.3 Å². The van der Waals surface area contributed by atoms with Crippen molar-refractivity contribution in [2.75, 3.05) is 5.32 Å². The van der Waals surface area contributed by atoms with Crippen LogP contribution in [0.2, 0.25) is 0 Å². The Morgan fingerprint density at radius 3 is 2.35 bits per heavy atom. The van der Waals surface area contributed by atoms with Gasteiger partial charge in [-0.25, -0.2) is 4.79 Å². The van der Waals surface area contributed by atoms with Gasteiger partial charge in [0.2, 0.25) is 0 Å². The number of aryl methyl sites for hydroxylation is 2. The topological polar surface area (TPSA) is 92.8 Å². The zero-order valence-electron chi connectivity index (χ0n) is 18.3. The zero-order valence-corrected chi connectivity index (χ0v) is 18.3. The van der Waals surface area contributed by atoms with Crippen molar-refractivity contribution >= 4 is 29.4 Å². The van der Waals surface area contributed by atoms with E-state index in [2.05, 4.69) is 5.32 Å². The molecule has 0 bridgehead atoms. The fourth-order valence-electron chi connectivity index (χ4n) is 3.56. The molecule has 0 saturated heterocycles. The van der Waals surface area contributed by atoms with Gasteiger partial charge >= 0.3 is 5.97 Å². The van der Waals surface area contributed by atoms with Crippen molar-refractivity contribution in [3.05, 3.63) is 64.2 Å². The molecule has 1 aliphatic heterocycles. The molecule has 0 spiro atoms. The predicted octanol–water partition coefficient (Wildman–Crippen LogP) is 3.75. The van der Waals surface area contributed by atoms with Crippen LogP contribution in [0.15, 0.2) is 36.4 Å². The monoisotopic (exact) mass is 422 g/mol. The summed E-state index contributed by atoms with van der Waals surface area (Å²) in [4.78, 5) is 51.3. The van der Waals surface area contributed by atoms with Gasteiger partial charge in [0, 0.05) is 11.7 Å². The number of benzene rings is 2. The lowest BCUT2D eigenvalue weighted by molar-refractivity contribution is -0.123. The Balaban J connectivity index is 1.74. The fraction of sp³-hybridized carbons (Fsp3) is 0.333. The fourth-order valence-corrected chi connectivity index (χ4v) is 3.56. The van der Waals surface area contributed by atoms with Crippen molar-refractivity contribution in [3.63, 3.8) is 0 Å². The Morgan fingerprint density at radius 2 is 1.71 bits per heavy atom. The van der Waals surface area contributed by atoms with E-state index < -0.39 is 23.9 Å². The number of imide groups is 1. The summed E-state index contributed by atoms with van der Waals surface area (Å²) in [5, 5.41) is 2.84. The number of hydrogen-bond acceptors (Lipinski definition) is 5. The van der Waals surface area contributed by atoms with Crippen molar-refractivity contribution in [3.8, 4) is 0 Å². The van der Waals surface area contributed by atoms with E-state index in [1.54, 1.807) is 13.8 Å². The normalized spacial score (nSPS) is 13.9. The molecule has 0 fully saturated rings. The number of anilines is 1. The molecule has 0 unspecified atom stereocenters. The standard InChI is InChI=1S/C24H26N2O5/c1-6-16-9-7-8-14(4)20(16)25-21(27)15(5)31-24(30)17-10-11-18-19(12-17)23(29)26(13(2)3)22(18)28/h7-13,15H,6H2,1-5H3,(H,25,27)/t15-/m1/s1. The van der Waals surface area contributed by atoms with E-state index in [0.29, 0.717) is 5.69 Å². The molecule has 2 aromatic carbocycles. The highest BCUT2D eigenvalue weighted by Gasteiger charge is 2.37. The van der Waals surface area contributed by atoms with Crippen LogP contribution in [0.4, 0.5) is 5.69 Å². The maximum absolute atomic E-state index is 12.6. The summed E-state index contributed by atoms with van der Waals surface area (Å²) in [5.41, 5.74) is 3.15. The quantitative estimate of drug-likeness (QED) is 0.565. The summed E-state index contributed by atoms with van der Waals surface area (Å²) >= 11 is 0. The first kappa shape index (κ1) is 22.2. The van der Waals surface area contributed by atoms with E-state index >= 15 is 0 Å². The number of para-hydroxylation sites is 1. The smallest absolute Gasteiger partial charge is 0.338 e. The van der Waals surface area contributed by atoms with E-state index in [9.17, 15) is 19.2 Å². The Bertz CT molecular complexity index is 1070. The van der Waals surface area contributed by atoms with Gasteiger partial charge in [-0.05, 0) is 63.4 Å². The molecule has 1 atom stereocenters. The lowest BCUT2D eigenvalue weighted by Crippen LogP contribution is -2.35. The average molecular weight is 422 g/mol. The molecule has 7 heteroatoms. The molecule has 7 nitrogen and oxygen atoms in total. The van der Waals surface area contributed by atoms with Gasteiger partial charge in [0.25, 0.3) is 17.7 Å². The van der Waals surface area contributed by atoms with Crippen LogP contribution in [-0.4, -0.2) is 40.7 Å². The number of carbonyl (C=O) groups is 4. The minimum atomic E-state index is -1.05. The van der Waals surface area contributed by atoms with Crippen LogP contribution in [0.1, 0.15) is 69.9 Å². The molecule has 2 aromatic rings. The summed E-state index contributed by atoms with van der Waals surface area (Å²) < 4.78 is 5.32. The van der Waals surface area contributed by atoms with Crippen LogP contribution < -0.4 is 5.32 Å². The van der Waals surface area contributed by atoms with E-state index in [-0.39, 0.29) is 28.6 Å². The molecule has 1 N–H and O–H groups in total. The third-order valence-corrected chi connectivity index (χ3v) is 5.31. The van der Waals surface area contributed by atoms with Crippen LogP contribution in [0.5, 0.6) is 0 Å². The largest absolute Gasteiger partial charge is 0.449 e. The van der Waals surface area contributed by atoms with Gasteiger partial charge in [0.1, 0.15) is 0 Å². The van der Waals surface area contributed by atoms with Crippen LogP contribution in [0.3, 0.4) is 0 Å². The van der Waals surface area contributed by atoms with E-state index in [1.165, 1.54) is 25.1 Å². The van der Waals surface area contributed by atoms with Crippen molar-refractivity contribution in [2.45, 2.75) is 53.2 Å². The number of nitrogens with zero attached hydrogens (tertiary/aromatic N) is 1. The maximum atomic E-state index is 12.6. The molecule has 31 heavy (non-hydrogen) atoms. The Labute approximate surface area is 181 Å². The third-order valence-electron chi connectivity index (χ3n) is 5.31. The second kappa shape index (κ2) is 8.71. The second-order valence-electron chi connectivity index (χ2n) is 7.83. The lowest BCUT2D eigenvalue weighted by Gasteiger charge is -2.17. The molecule has 0 aromatic heterocycles. The summed E-state index contributed by atoms with van der Waals surface area (Å²) in [6.07, 6.45) is -0.296. The van der Waals surface area contributed by atoms with Crippen LogP contribution in [0.25, 0.3) is 0 Å². The number of ether oxygens (including phenoxy) is 1. The Hall–Kier alpha value is -3.48. The molecule has 0 radical (unpaired) electrons. The summed E-state index contributed by atoms with van der Waals surface area (Å²) in [5.74, 6) is -2.01. The molecule has 162 valence electrons. The highest BCUT2D eigenvalue weighted by Crippen LogP contribution is 2.26.